The highest BCUT2D eigenvalue weighted by atomic mass is 32.1. The Morgan fingerprint density at radius 3 is 2.71 bits per heavy atom. The normalized spacial score (nSPS) is 11.9. The van der Waals surface area contributed by atoms with Crippen LogP contribution in [-0.4, -0.2) is 25.8 Å². The average molecular weight is 393 g/mol. The van der Waals surface area contributed by atoms with E-state index in [2.05, 4.69) is 10.1 Å². The van der Waals surface area contributed by atoms with Crippen LogP contribution in [0, 0.1) is 5.82 Å². The third-order valence-electron chi connectivity index (χ3n) is 4.23. The molecule has 2 aromatic heterocycles. The summed E-state index contributed by atoms with van der Waals surface area (Å²) in [5, 5.41) is 14.4. The Labute approximate surface area is 164 Å². The van der Waals surface area contributed by atoms with Crippen LogP contribution in [0.25, 0.3) is 33.1 Å². The Morgan fingerprint density at radius 2 is 1.96 bits per heavy atom. The number of hydrogen-bond donors (Lipinski definition) is 1. The summed E-state index contributed by atoms with van der Waals surface area (Å²) < 4.78 is 16.9. The van der Waals surface area contributed by atoms with E-state index in [1.165, 1.54) is 17.4 Å². The van der Waals surface area contributed by atoms with Crippen LogP contribution in [0.3, 0.4) is 0 Å². The average Bonchev–Trinajstić information content (AvgIpc) is 3.24. The Balaban J connectivity index is 1.86. The Kier molecular flexibility index (Phi) is 4.75. The highest BCUT2D eigenvalue weighted by Crippen LogP contribution is 2.33. The molecule has 5 nitrogen and oxygen atoms in total. The van der Waals surface area contributed by atoms with E-state index < -0.39 is 5.97 Å². The molecule has 0 unspecified atom stereocenters. The molecule has 0 saturated heterocycles. The first-order chi connectivity index (χ1) is 13.5. The first-order valence-electron chi connectivity index (χ1n) is 8.58. The van der Waals surface area contributed by atoms with E-state index in [9.17, 15) is 14.3 Å². The lowest BCUT2D eigenvalue weighted by molar-refractivity contribution is -0.135. The van der Waals surface area contributed by atoms with Gasteiger partial charge in [-0.1, -0.05) is 24.3 Å². The molecule has 2 aromatic carbocycles. The van der Waals surface area contributed by atoms with E-state index in [1.54, 1.807) is 42.2 Å². The van der Waals surface area contributed by atoms with Gasteiger partial charge in [0.25, 0.3) is 0 Å². The van der Waals surface area contributed by atoms with Crippen molar-refractivity contribution in [3.8, 4) is 11.3 Å². The minimum absolute atomic E-state index is 0.189. The van der Waals surface area contributed by atoms with E-state index >= 15 is 0 Å². The number of halogens is 1. The van der Waals surface area contributed by atoms with E-state index in [4.69, 9.17) is 0 Å². The summed E-state index contributed by atoms with van der Waals surface area (Å²) in [6.45, 7) is 0. The lowest BCUT2D eigenvalue weighted by Gasteiger charge is -2.03. The number of rotatable bonds is 5. The fourth-order valence-electron chi connectivity index (χ4n) is 3.02. The van der Waals surface area contributed by atoms with Gasteiger partial charge in [0.1, 0.15) is 16.5 Å². The molecular weight excluding hydrogens is 377 g/mol. The van der Waals surface area contributed by atoms with E-state index in [0.29, 0.717) is 27.4 Å². The van der Waals surface area contributed by atoms with Crippen molar-refractivity contribution in [3.05, 3.63) is 71.1 Å². The smallest absolute Gasteiger partial charge is 0.307 e. The monoisotopic (exact) mass is 393 g/mol. The van der Waals surface area contributed by atoms with Crippen LogP contribution in [0.4, 0.5) is 4.39 Å². The van der Waals surface area contributed by atoms with Crippen LogP contribution in [-0.2, 0) is 11.8 Å². The van der Waals surface area contributed by atoms with Crippen molar-refractivity contribution in [1.29, 1.82) is 0 Å². The molecule has 140 valence electrons. The predicted molar refractivity (Wildman–Crippen MR) is 108 cm³/mol. The van der Waals surface area contributed by atoms with Gasteiger partial charge in [0.15, 0.2) is 0 Å². The molecule has 0 amide bonds. The zero-order valence-electron chi connectivity index (χ0n) is 15.0. The van der Waals surface area contributed by atoms with Crippen molar-refractivity contribution >= 4 is 39.2 Å². The van der Waals surface area contributed by atoms with Crippen molar-refractivity contribution in [1.82, 2.24) is 14.8 Å². The molecule has 7 heteroatoms. The zero-order valence-corrected chi connectivity index (χ0v) is 15.8. The summed E-state index contributed by atoms with van der Waals surface area (Å²) in [4.78, 5) is 16.0. The Hall–Kier alpha value is -3.32. The van der Waals surface area contributed by atoms with E-state index in [-0.39, 0.29) is 12.2 Å². The second-order valence-electron chi connectivity index (χ2n) is 6.31. The standard InChI is InChI=1S/C21H16FN3O2S/c1-25-12-14(20(24-25)15-6-2-3-7-16(15)22)10-13(11-19(26)27)21-23-17-8-4-5-9-18(17)28-21/h2-10,12H,11H2,1H3,(H,26,27)/b13-10+. The lowest BCUT2D eigenvalue weighted by Crippen LogP contribution is -1.97. The Morgan fingerprint density at radius 1 is 1.21 bits per heavy atom. The predicted octanol–water partition coefficient (Wildman–Crippen LogP) is 4.85. The maximum Gasteiger partial charge on any atom is 0.307 e. The number of fused-ring (bicyclic) bond motifs is 1. The third kappa shape index (κ3) is 3.57. The van der Waals surface area contributed by atoms with Gasteiger partial charge in [-0.3, -0.25) is 9.48 Å². The number of thiazole rings is 1. The second kappa shape index (κ2) is 7.36. The molecule has 4 aromatic rings. The van der Waals surface area contributed by atoms with Crippen molar-refractivity contribution in [2.24, 2.45) is 7.05 Å². The van der Waals surface area contributed by atoms with Crippen molar-refractivity contribution in [2.45, 2.75) is 6.42 Å². The molecule has 0 atom stereocenters. The van der Waals surface area contributed by atoms with E-state index in [1.807, 2.05) is 24.3 Å². The summed E-state index contributed by atoms with van der Waals surface area (Å²) in [6, 6.07) is 14.0. The minimum Gasteiger partial charge on any atom is -0.481 e. The molecule has 0 aliphatic rings. The number of benzene rings is 2. The van der Waals surface area contributed by atoms with Gasteiger partial charge in [0.2, 0.25) is 0 Å². The van der Waals surface area contributed by atoms with Gasteiger partial charge in [-0.15, -0.1) is 11.3 Å². The maximum atomic E-state index is 14.3. The molecule has 0 aliphatic carbocycles. The molecule has 0 saturated carbocycles. The number of aromatic nitrogens is 3. The fraction of sp³-hybridized carbons (Fsp3) is 0.0952. The molecule has 1 N–H and O–H groups in total. The number of hydrogen-bond acceptors (Lipinski definition) is 4. The Bertz CT molecular complexity index is 1180. The van der Waals surface area contributed by atoms with Crippen LogP contribution in [0.5, 0.6) is 0 Å². The van der Waals surface area contributed by atoms with Gasteiger partial charge >= 0.3 is 5.97 Å². The summed E-state index contributed by atoms with van der Waals surface area (Å²) in [5.41, 5.74) is 2.85. The molecule has 0 radical (unpaired) electrons. The number of carbonyl (C=O) groups is 1. The van der Waals surface area contributed by atoms with Crippen molar-refractivity contribution in [2.75, 3.05) is 0 Å². The summed E-state index contributed by atoms with van der Waals surface area (Å²) in [7, 11) is 1.75. The summed E-state index contributed by atoms with van der Waals surface area (Å²) in [6.07, 6.45) is 3.29. The van der Waals surface area contributed by atoms with Crippen LogP contribution < -0.4 is 0 Å². The molecule has 0 spiro atoms. The third-order valence-corrected chi connectivity index (χ3v) is 5.34. The number of aliphatic carboxylic acids is 1. The highest BCUT2D eigenvalue weighted by Gasteiger charge is 2.17. The maximum absolute atomic E-state index is 14.3. The number of para-hydroxylation sites is 1. The van der Waals surface area contributed by atoms with Crippen LogP contribution >= 0.6 is 11.3 Å². The number of aryl methyl sites for hydroxylation is 1. The first kappa shape index (κ1) is 18.1. The molecule has 0 bridgehead atoms. The molecule has 4 rings (SSSR count). The second-order valence-corrected chi connectivity index (χ2v) is 7.34. The summed E-state index contributed by atoms with van der Waals surface area (Å²) >= 11 is 1.43. The fourth-order valence-corrected chi connectivity index (χ4v) is 4.00. The largest absolute Gasteiger partial charge is 0.481 e. The van der Waals surface area contributed by atoms with Crippen molar-refractivity contribution in [3.63, 3.8) is 0 Å². The van der Waals surface area contributed by atoms with Crippen LogP contribution in [0.1, 0.15) is 17.0 Å². The van der Waals surface area contributed by atoms with Crippen LogP contribution in [0.15, 0.2) is 54.7 Å². The summed E-state index contributed by atoms with van der Waals surface area (Å²) in [5.74, 6) is -1.34. The highest BCUT2D eigenvalue weighted by molar-refractivity contribution is 7.19. The van der Waals surface area contributed by atoms with E-state index in [0.717, 1.165) is 10.2 Å². The van der Waals surface area contributed by atoms with Gasteiger partial charge < -0.3 is 5.11 Å². The first-order valence-corrected chi connectivity index (χ1v) is 9.40. The van der Waals surface area contributed by atoms with Gasteiger partial charge in [0.05, 0.1) is 16.6 Å². The van der Waals surface area contributed by atoms with Crippen LogP contribution in [0.2, 0.25) is 0 Å². The topological polar surface area (TPSA) is 68.0 Å². The number of nitrogens with zero attached hydrogens (tertiary/aromatic N) is 3. The quantitative estimate of drug-likeness (QED) is 0.526. The zero-order chi connectivity index (χ0) is 19.7. The van der Waals surface area contributed by atoms with Crippen molar-refractivity contribution < 1.29 is 14.3 Å². The molecule has 2 heterocycles. The van der Waals surface area contributed by atoms with Gasteiger partial charge in [0, 0.05) is 24.4 Å². The number of carboxylic acids is 1. The minimum atomic E-state index is -0.957. The SMILES string of the molecule is Cn1cc(/C=C(\CC(=O)O)c2nc3ccccc3s2)c(-c2ccccc2F)n1. The molecular formula is C21H16FN3O2S. The molecule has 0 aliphatic heterocycles. The number of carboxylic acid groups (broad SMARTS) is 1. The van der Waals surface area contributed by atoms with Gasteiger partial charge in [-0.05, 0) is 35.9 Å². The molecule has 0 fully saturated rings. The van der Waals surface area contributed by atoms with Gasteiger partial charge in [-0.2, -0.15) is 5.10 Å². The molecule has 28 heavy (non-hydrogen) atoms. The lowest BCUT2D eigenvalue weighted by atomic mass is 10.0. The van der Waals surface area contributed by atoms with Gasteiger partial charge in [-0.25, -0.2) is 9.37 Å².